The van der Waals surface area contributed by atoms with Crippen molar-refractivity contribution in [1.29, 1.82) is 0 Å². The van der Waals surface area contributed by atoms with Crippen LogP contribution in [0.1, 0.15) is 46.3 Å². The monoisotopic (exact) mass is 433 g/mol. The van der Waals surface area contributed by atoms with Crippen molar-refractivity contribution in [3.63, 3.8) is 0 Å². The number of amides is 1. The molecule has 0 atom stereocenters. The molecule has 4 heterocycles. The van der Waals surface area contributed by atoms with E-state index in [1.54, 1.807) is 30.5 Å². The van der Waals surface area contributed by atoms with Gasteiger partial charge in [-0.05, 0) is 56.2 Å². The molecule has 0 spiro atoms. The number of pyridine rings is 3. The molecule has 8 heteroatoms. The third kappa shape index (κ3) is 4.22. The van der Waals surface area contributed by atoms with Crippen LogP contribution in [-0.4, -0.2) is 25.3 Å². The average Bonchev–Trinajstić information content (AvgIpc) is 3.58. The minimum atomic E-state index is -0.287. The van der Waals surface area contributed by atoms with Crippen molar-refractivity contribution in [3.8, 4) is 5.75 Å². The van der Waals surface area contributed by atoms with Gasteiger partial charge in [0.1, 0.15) is 23.7 Å². The highest BCUT2D eigenvalue weighted by Crippen LogP contribution is 2.41. The quantitative estimate of drug-likeness (QED) is 0.472. The average molecular weight is 434 g/mol. The van der Waals surface area contributed by atoms with Crippen LogP contribution in [0.25, 0.3) is 5.65 Å². The summed E-state index contributed by atoms with van der Waals surface area (Å²) in [6.07, 6.45) is 7.40. The van der Waals surface area contributed by atoms with Crippen LogP contribution in [0.4, 0.5) is 5.69 Å². The molecule has 4 aromatic rings. The van der Waals surface area contributed by atoms with Gasteiger partial charge >= 0.3 is 0 Å². The van der Waals surface area contributed by atoms with Crippen LogP contribution < -0.4 is 10.1 Å². The molecular weight excluding hydrogens is 414 g/mol. The van der Waals surface area contributed by atoms with Crippen LogP contribution in [0.5, 0.6) is 5.75 Å². The van der Waals surface area contributed by atoms with Gasteiger partial charge in [-0.15, -0.1) is 0 Å². The minimum Gasteiger partial charge on any atom is -0.486 e. The first-order chi connectivity index (χ1) is 15.1. The Kier molecular flexibility index (Phi) is 5.03. The van der Waals surface area contributed by atoms with E-state index in [1.165, 1.54) is 19.0 Å². The number of imidazole rings is 1. The number of halogens is 1. The predicted octanol–water partition coefficient (Wildman–Crippen LogP) is 4.79. The molecule has 31 heavy (non-hydrogen) atoms. The summed E-state index contributed by atoms with van der Waals surface area (Å²) in [6, 6.07) is 10.7. The van der Waals surface area contributed by atoms with E-state index in [1.807, 2.05) is 22.7 Å². The molecule has 1 saturated carbocycles. The Hall–Kier alpha value is -3.45. The zero-order valence-corrected chi connectivity index (χ0v) is 17.6. The summed E-state index contributed by atoms with van der Waals surface area (Å²) < 4.78 is 7.69. The molecule has 0 saturated heterocycles. The molecule has 5 rings (SSSR count). The Balaban J connectivity index is 1.24. The summed E-state index contributed by atoms with van der Waals surface area (Å²) in [6.45, 7) is 2.36. The second-order valence-electron chi connectivity index (χ2n) is 7.59. The molecule has 1 aliphatic rings. The van der Waals surface area contributed by atoms with Crippen molar-refractivity contribution < 1.29 is 9.53 Å². The van der Waals surface area contributed by atoms with Gasteiger partial charge in [0.15, 0.2) is 0 Å². The maximum absolute atomic E-state index is 12.6. The third-order valence-corrected chi connectivity index (χ3v) is 5.48. The van der Waals surface area contributed by atoms with Gasteiger partial charge in [-0.2, -0.15) is 0 Å². The van der Waals surface area contributed by atoms with E-state index in [0.29, 0.717) is 28.1 Å². The summed E-state index contributed by atoms with van der Waals surface area (Å²) >= 11 is 5.83. The number of fused-ring (bicyclic) bond motifs is 1. The van der Waals surface area contributed by atoms with E-state index >= 15 is 0 Å². The third-order valence-electron chi connectivity index (χ3n) is 5.26. The smallest absolute Gasteiger partial charge is 0.274 e. The Morgan fingerprint density at radius 3 is 2.74 bits per heavy atom. The number of carbonyl (C=O) groups excluding carboxylic acids is 1. The number of nitrogens with one attached hydrogen (secondary N) is 1. The van der Waals surface area contributed by atoms with E-state index in [4.69, 9.17) is 21.3 Å². The highest BCUT2D eigenvalue weighted by atomic mass is 35.5. The lowest BCUT2D eigenvalue weighted by Crippen LogP contribution is -2.14. The van der Waals surface area contributed by atoms with E-state index in [9.17, 15) is 4.79 Å². The van der Waals surface area contributed by atoms with Crippen molar-refractivity contribution in [3.05, 3.63) is 82.8 Å². The second-order valence-corrected chi connectivity index (χ2v) is 8.03. The molecule has 1 amide bonds. The summed E-state index contributed by atoms with van der Waals surface area (Å²) in [5.74, 6) is 0.847. The van der Waals surface area contributed by atoms with Gasteiger partial charge in [0.05, 0.1) is 28.3 Å². The second kappa shape index (κ2) is 8.00. The number of rotatable bonds is 6. The number of carbonyl (C=O) groups is 1. The zero-order chi connectivity index (χ0) is 21.4. The Bertz CT molecular complexity index is 1250. The van der Waals surface area contributed by atoms with Crippen LogP contribution >= 0.6 is 11.6 Å². The molecule has 1 N–H and O–H groups in total. The molecule has 156 valence electrons. The van der Waals surface area contributed by atoms with Crippen LogP contribution in [-0.2, 0) is 6.61 Å². The fourth-order valence-corrected chi connectivity index (χ4v) is 3.55. The molecule has 0 bridgehead atoms. The maximum Gasteiger partial charge on any atom is 0.274 e. The summed E-state index contributed by atoms with van der Waals surface area (Å²) in [5, 5.41) is 3.48. The summed E-state index contributed by atoms with van der Waals surface area (Å²) in [7, 11) is 0. The molecule has 0 aromatic carbocycles. The summed E-state index contributed by atoms with van der Waals surface area (Å²) in [4.78, 5) is 25.7. The fourth-order valence-electron chi connectivity index (χ4n) is 3.44. The Labute approximate surface area is 184 Å². The predicted molar refractivity (Wildman–Crippen MR) is 118 cm³/mol. The molecule has 7 nitrogen and oxygen atoms in total. The first-order valence-electron chi connectivity index (χ1n) is 10.1. The fraction of sp³-hybridized carbons (Fsp3) is 0.217. The standard InChI is InChI=1S/C23H20ClN5O2/c1-14-22(15-2-3-15)28-21-9-6-17(12-29(14)21)27-23(30)20-8-7-19(11-26-20)31-13-18-5-4-16(24)10-25-18/h4-12,15H,2-3,13H2,1H3,(H,27,30). The van der Waals surface area contributed by atoms with Crippen molar-refractivity contribution >= 4 is 28.8 Å². The molecule has 4 aromatic heterocycles. The molecule has 0 unspecified atom stereocenters. The maximum atomic E-state index is 12.6. The van der Waals surface area contributed by atoms with Crippen molar-refractivity contribution in [2.75, 3.05) is 5.32 Å². The largest absolute Gasteiger partial charge is 0.486 e. The van der Waals surface area contributed by atoms with Crippen LogP contribution in [0.2, 0.25) is 5.02 Å². The van der Waals surface area contributed by atoms with Crippen molar-refractivity contribution in [2.45, 2.75) is 32.3 Å². The van der Waals surface area contributed by atoms with Crippen LogP contribution in [0.15, 0.2) is 55.0 Å². The van der Waals surface area contributed by atoms with Gasteiger partial charge in [-0.3, -0.25) is 9.78 Å². The van der Waals surface area contributed by atoms with Gasteiger partial charge in [-0.25, -0.2) is 9.97 Å². The van der Waals surface area contributed by atoms with E-state index < -0.39 is 0 Å². The van der Waals surface area contributed by atoms with E-state index in [2.05, 4.69) is 22.2 Å². The molecule has 0 aliphatic heterocycles. The lowest BCUT2D eigenvalue weighted by molar-refractivity contribution is 0.102. The van der Waals surface area contributed by atoms with Gasteiger partial charge in [0.25, 0.3) is 5.91 Å². The topological polar surface area (TPSA) is 81.4 Å². The number of nitrogens with zero attached hydrogens (tertiary/aromatic N) is 4. The normalized spacial score (nSPS) is 13.4. The lowest BCUT2D eigenvalue weighted by Gasteiger charge is -2.08. The minimum absolute atomic E-state index is 0.287. The number of aromatic nitrogens is 4. The zero-order valence-electron chi connectivity index (χ0n) is 16.9. The number of ether oxygens (including phenoxy) is 1. The molecule has 1 fully saturated rings. The van der Waals surface area contributed by atoms with E-state index in [0.717, 1.165) is 22.7 Å². The molecule has 1 aliphatic carbocycles. The van der Waals surface area contributed by atoms with Gasteiger partial charge in [-0.1, -0.05) is 11.6 Å². The van der Waals surface area contributed by atoms with Crippen molar-refractivity contribution in [2.24, 2.45) is 0 Å². The number of anilines is 1. The molecule has 0 radical (unpaired) electrons. The van der Waals surface area contributed by atoms with Gasteiger partial charge in [0, 0.05) is 24.0 Å². The van der Waals surface area contributed by atoms with Crippen LogP contribution in [0, 0.1) is 6.92 Å². The molecular formula is C23H20ClN5O2. The first kappa shape index (κ1) is 19.5. The van der Waals surface area contributed by atoms with Crippen LogP contribution in [0.3, 0.4) is 0 Å². The highest BCUT2D eigenvalue weighted by molar-refractivity contribution is 6.30. The highest BCUT2D eigenvalue weighted by Gasteiger charge is 2.28. The van der Waals surface area contributed by atoms with Crippen molar-refractivity contribution in [1.82, 2.24) is 19.4 Å². The number of hydrogen-bond donors (Lipinski definition) is 1. The number of aryl methyl sites for hydroxylation is 1. The lowest BCUT2D eigenvalue weighted by atomic mass is 10.2. The van der Waals surface area contributed by atoms with E-state index in [-0.39, 0.29) is 12.5 Å². The SMILES string of the molecule is Cc1c(C2CC2)nc2ccc(NC(=O)c3ccc(OCc4ccc(Cl)cn4)cn3)cn12. The number of hydrogen-bond acceptors (Lipinski definition) is 5. The Morgan fingerprint density at radius 2 is 2.03 bits per heavy atom. The summed E-state index contributed by atoms with van der Waals surface area (Å²) in [5.41, 5.74) is 4.93. The first-order valence-corrected chi connectivity index (χ1v) is 10.4. The van der Waals surface area contributed by atoms with Gasteiger partial charge < -0.3 is 14.5 Å². The Morgan fingerprint density at radius 1 is 1.16 bits per heavy atom. The van der Waals surface area contributed by atoms with Gasteiger partial charge in [0.2, 0.25) is 0 Å².